The normalized spacial score (nSPS) is 16.3. The van der Waals surface area contributed by atoms with Crippen LogP contribution in [0.4, 0.5) is 17.1 Å². The van der Waals surface area contributed by atoms with Crippen molar-refractivity contribution in [2.24, 2.45) is 0 Å². The molecule has 0 bridgehead atoms. The Morgan fingerprint density at radius 2 is 2.15 bits per heavy atom. The van der Waals surface area contributed by atoms with E-state index in [2.05, 4.69) is 10.6 Å². The number of hydrogen-bond donors (Lipinski definition) is 2. The molecule has 1 aliphatic rings. The van der Waals surface area contributed by atoms with E-state index in [9.17, 15) is 14.9 Å². The first-order chi connectivity index (χ1) is 12.5. The number of anilines is 2. The number of nitro groups is 1. The number of hydrogen-bond acceptors (Lipinski definition) is 5. The Morgan fingerprint density at radius 1 is 1.31 bits per heavy atom. The largest absolute Gasteiger partial charge is 0.377 e. The van der Waals surface area contributed by atoms with Crippen molar-refractivity contribution in [2.75, 3.05) is 23.8 Å². The first kappa shape index (κ1) is 18.2. The molecule has 136 valence electrons. The number of halogens is 1. The number of carbonyl (C=O) groups is 1. The molecule has 1 atom stereocenters. The van der Waals surface area contributed by atoms with Crippen molar-refractivity contribution in [2.45, 2.75) is 18.9 Å². The average Bonchev–Trinajstić information content (AvgIpc) is 3.13. The van der Waals surface area contributed by atoms with Crippen LogP contribution in [0.15, 0.2) is 42.5 Å². The molecule has 3 rings (SSSR count). The fourth-order valence-electron chi connectivity index (χ4n) is 2.77. The SMILES string of the molecule is O=C(Nc1cccc(Cl)c1)c1ccc(NC[C@@H]2CCCO2)c([N+](=O)[O-])c1. The van der Waals surface area contributed by atoms with E-state index in [0.29, 0.717) is 22.9 Å². The summed E-state index contributed by atoms with van der Waals surface area (Å²) in [7, 11) is 0. The molecule has 8 heteroatoms. The fraction of sp³-hybridized carbons (Fsp3) is 0.278. The van der Waals surface area contributed by atoms with E-state index in [4.69, 9.17) is 16.3 Å². The van der Waals surface area contributed by atoms with Gasteiger partial charge in [0, 0.05) is 35.5 Å². The third-order valence-electron chi connectivity index (χ3n) is 4.08. The maximum absolute atomic E-state index is 12.4. The van der Waals surface area contributed by atoms with E-state index < -0.39 is 10.8 Å². The van der Waals surface area contributed by atoms with Crippen LogP contribution in [0.2, 0.25) is 5.02 Å². The van der Waals surface area contributed by atoms with Gasteiger partial charge in [0.2, 0.25) is 0 Å². The Balaban J connectivity index is 1.74. The maximum Gasteiger partial charge on any atom is 0.293 e. The fourth-order valence-corrected chi connectivity index (χ4v) is 2.96. The highest BCUT2D eigenvalue weighted by Crippen LogP contribution is 2.27. The molecule has 0 aromatic heterocycles. The Morgan fingerprint density at radius 3 is 2.85 bits per heavy atom. The second-order valence-electron chi connectivity index (χ2n) is 5.97. The first-order valence-electron chi connectivity index (χ1n) is 8.24. The molecule has 2 N–H and O–H groups in total. The lowest BCUT2D eigenvalue weighted by Gasteiger charge is -2.13. The lowest BCUT2D eigenvalue weighted by Crippen LogP contribution is -2.19. The molecule has 2 aromatic rings. The van der Waals surface area contributed by atoms with Crippen LogP contribution in [-0.2, 0) is 4.74 Å². The summed E-state index contributed by atoms with van der Waals surface area (Å²) < 4.78 is 5.51. The summed E-state index contributed by atoms with van der Waals surface area (Å²) >= 11 is 5.89. The molecule has 1 fully saturated rings. The van der Waals surface area contributed by atoms with E-state index in [-0.39, 0.29) is 17.4 Å². The smallest absolute Gasteiger partial charge is 0.293 e. The van der Waals surface area contributed by atoms with E-state index in [0.717, 1.165) is 19.4 Å². The second kappa shape index (κ2) is 8.16. The molecule has 0 spiro atoms. The van der Waals surface area contributed by atoms with Gasteiger partial charge >= 0.3 is 0 Å². The molecule has 0 unspecified atom stereocenters. The minimum atomic E-state index is -0.506. The molecular weight excluding hydrogens is 358 g/mol. The van der Waals surface area contributed by atoms with Crippen LogP contribution in [0.3, 0.4) is 0 Å². The summed E-state index contributed by atoms with van der Waals surface area (Å²) in [6.07, 6.45) is 1.98. The van der Waals surface area contributed by atoms with Crippen molar-refractivity contribution in [3.63, 3.8) is 0 Å². The Labute approximate surface area is 155 Å². The van der Waals surface area contributed by atoms with Gasteiger partial charge in [-0.2, -0.15) is 0 Å². The zero-order valence-electron chi connectivity index (χ0n) is 13.9. The van der Waals surface area contributed by atoms with Crippen LogP contribution < -0.4 is 10.6 Å². The van der Waals surface area contributed by atoms with Gasteiger partial charge in [-0.3, -0.25) is 14.9 Å². The number of carbonyl (C=O) groups excluding carboxylic acids is 1. The minimum Gasteiger partial charge on any atom is -0.377 e. The van der Waals surface area contributed by atoms with Crippen LogP contribution in [0.5, 0.6) is 0 Å². The van der Waals surface area contributed by atoms with Crippen LogP contribution in [0.1, 0.15) is 23.2 Å². The summed E-state index contributed by atoms with van der Waals surface area (Å²) in [5.74, 6) is -0.443. The van der Waals surface area contributed by atoms with Gasteiger partial charge in [-0.15, -0.1) is 0 Å². The van der Waals surface area contributed by atoms with E-state index in [1.165, 1.54) is 6.07 Å². The van der Waals surface area contributed by atoms with Crippen molar-refractivity contribution < 1.29 is 14.5 Å². The van der Waals surface area contributed by atoms with Crippen molar-refractivity contribution in [1.82, 2.24) is 0 Å². The van der Waals surface area contributed by atoms with Crippen LogP contribution in [-0.4, -0.2) is 30.1 Å². The van der Waals surface area contributed by atoms with Gasteiger partial charge in [0.05, 0.1) is 11.0 Å². The maximum atomic E-state index is 12.4. The van der Waals surface area contributed by atoms with Crippen molar-refractivity contribution in [3.8, 4) is 0 Å². The lowest BCUT2D eigenvalue weighted by molar-refractivity contribution is -0.384. The van der Waals surface area contributed by atoms with Crippen molar-refractivity contribution in [1.29, 1.82) is 0 Å². The zero-order chi connectivity index (χ0) is 18.5. The number of nitro benzene ring substituents is 1. The van der Waals surface area contributed by atoms with Gasteiger partial charge in [0.15, 0.2) is 0 Å². The molecule has 1 heterocycles. The quantitative estimate of drug-likeness (QED) is 0.585. The van der Waals surface area contributed by atoms with Gasteiger partial charge in [0.25, 0.3) is 11.6 Å². The summed E-state index contributed by atoms with van der Waals surface area (Å²) in [5, 5.41) is 17.6. The topological polar surface area (TPSA) is 93.5 Å². The molecule has 1 aliphatic heterocycles. The first-order valence-corrected chi connectivity index (χ1v) is 8.61. The van der Waals surface area contributed by atoms with Crippen LogP contribution in [0.25, 0.3) is 0 Å². The molecule has 0 saturated carbocycles. The Bertz CT molecular complexity index is 822. The predicted octanol–water partition coefficient (Wildman–Crippen LogP) is 4.09. The number of amides is 1. The number of nitrogens with zero attached hydrogens (tertiary/aromatic N) is 1. The highest BCUT2D eigenvalue weighted by atomic mass is 35.5. The van der Waals surface area contributed by atoms with Gasteiger partial charge in [-0.1, -0.05) is 17.7 Å². The highest BCUT2D eigenvalue weighted by molar-refractivity contribution is 6.31. The van der Waals surface area contributed by atoms with Gasteiger partial charge in [-0.05, 0) is 43.2 Å². The molecule has 1 saturated heterocycles. The van der Waals surface area contributed by atoms with E-state index in [1.807, 2.05) is 0 Å². The molecule has 26 heavy (non-hydrogen) atoms. The van der Waals surface area contributed by atoms with E-state index >= 15 is 0 Å². The lowest BCUT2D eigenvalue weighted by atomic mass is 10.1. The van der Waals surface area contributed by atoms with Crippen molar-refractivity contribution >= 4 is 34.6 Å². The monoisotopic (exact) mass is 375 g/mol. The summed E-state index contributed by atoms with van der Waals surface area (Å²) in [6.45, 7) is 1.21. The third-order valence-corrected chi connectivity index (χ3v) is 4.32. The number of ether oxygens (including phenoxy) is 1. The van der Waals surface area contributed by atoms with Crippen LogP contribution >= 0.6 is 11.6 Å². The molecule has 0 radical (unpaired) electrons. The molecule has 2 aromatic carbocycles. The van der Waals surface area contributed by atoms with Crippen LogP contribution in [0, 0.1) is 10.1 Å². The van der Waals surface area contributed by atoms with Gasteiger partial charge in [0.1, 0.15) is 5.69 Å². The summed E-state index contributed by atoms with van der Waals surface area (Å²) in [4.78, 5) is 23.2. The number of benzene rings is 2. The summed E-state index contributed by atoms with van der Waals surface area (Å²) in [6, 6.07) is 11.0. The zero-order valence-corrected chi connectivity index (χ0v) is 14.7. The predicted molar refractivity (Wildman–Crippen MR) is 100.0 cm³/mol. The average molecular weight is 376 g/mol. The Hall–Kier alpha value is -2.64. The Kier molecular flexibility index (Phi) is 5.70. The van der Waals surface area contributed by atoms with Gasteiger partial charge in [-0.25, -0.2) is 0 Å². The minimum absolute atomic E-state index is 0.0559. The second-order valence-corrected chi connectivity index (χ2v) is 6.41. The van der Waals surface area contributed by atoms with E-state index in [1.54, 1.807) is 36.4 Å². The number of nitrogens with one attached hydrogen (secondary N) is 2. The third kappa shape index (κ3) is 4.50. The highest BCUT2D eigenvalue weighted by Gasteiger charge is 2.20. The molecular formula is C18H18ClN3O4. The number of rotatable bonds is 6. The molecule has 0 aliphatic carbocycles. The van der Waals surface area contributed by atoms with Crippen molar-refractivity contribution in [3.05, 3.63) is 63.2 Å². The molecule has 1 amide bonds. The molecule has 7 nitrogen and oxygen atoms in total. The standard InChI is InChI=1S/C18H18ClN3O4/c19-13-3-1-4-14(10-13)21-18(23)12-6-7-16(17(9-12)22(24)25)20-11-15-5-2-8-26-15/h1,3-4,6-7,9-10,15,20H,2,5,8,11H2,(H,21,23)/t15-/m0/s1. The summed E-state index contributed by atoms with van der Waals surface area (Å²) in [5.41, 5.74) is 0.927. The van der Waals surface area contributed by atoms with Gasteiger partial charge < -0.3 is 15.4 Å².